The Hall–Kier alpha value is -0.660. The Bertz CT molecular complexity index is 518. The Labute approximate surface area is 127 Å². The van der Waals surface area contributed by atoms with Crippen molar-refractivity contribution in [2.45, 2.75) is 39.7 Å². The van der Waals surface area contributed by atoms with Gasteiger partial charge in [0.05, 0.1) is 5.75 Å². The van der Waals surface area contributed by atoms with E-state index < -0.39 is 10.0 Å². The molecule has 6 nitrogen and oxygen atoms in total. The van der Waals surface area contributed by atoms with Gasteiger partial charge in [-0.25, -0.2) is 13.6 Å². The second kappa shape index (κ2) is 5.52. The summed E-state index contributed by atoms with van der Waals surface area (Å²) in [7, 11) is -3.53. The van der Waals surface area contributed by atoms with Gasteiger partial charge in [-0.05, 0) is 23.7 Å². The predicted octanol–water partition coefficient (Wildman–Crippen LogP) is 0.133. The van der Waals surface area contributed by atoms with E-state index in [9.17, 15) is 13.2 Å². The number of hydrogen-bond donors (Lipinski definition) is 2. The van der Waals surface area contributed by atoms with Crippen molar-refractivity contribution in [3.05, 3.63) is 0 Å². The standard InChI is InChI=1S/C14H27N3O3S/c1-9-5-14(2,3)11(13(9)15)7-17-6-10(4-12(17)18)8-21(16,19)20/h9-11,13H,4-8,15H2,1-3H3,(H2,16,19,20). The van der Waals surface area contributed by atoms with E-state index in [1.54, 1.807) is 4.90 Å². The lowest BCUT2D eigenvalue weighted by atomic mass is 9.80. The minimum Gasteiger partial charge on any atom is -0.342 e. The molecule has 21 heavy (non-hydrogen) atoms. The molecule has 2 aliphatic rings. The van der Waals surface area contributed by atoms with Crippen LogP contribution in [0.1, 0.15) is 33.6 Å². The van der Waals surface area contributed by atoms with Crippen LogP contribution in [0.25, 0.3) is 0 Å². The van der Waals surface area contributed by atoms with E-state index in [1.165, 1.54) is 0 Å². The van der Waals surface area contributed by atoms with Crippen molar-refractivity contribution in [1.29, 1.82) is 0 Å². The molecule has 0 spiro atoms. The number of carbonyl (C=O) groups excluding carboxylic acids is 1. The molecule has 1 aliphatic heterocycles. The van der Waals surface area contributed by atoms with Gasteiger partial charge in [-0.15, -0.1) is 0 Å². The van der Waals surface area contributed by atoms with E-state index in [0.29, 0.717) is 19.0 Å². The number of likely N-dealkylation sites (tertiary alicyclic amines) is 1. The summed E-state index contributed by atoms with van der Waals surface area (Å²) in [6, 6.07) is 0.0880. The molecule has 4 atom stereocenters. The summed E-state index contributed by atoms with van der Waals surface area (Å²) in [5.74, 6) is 0.413. The van der Waals surface area contributed by atoms with Gasteiger partial charge in [0.15, 0.2) is 0 Å². The van der Waals surface area contributed by atoms with Crippen LogP contribution in [0.4, 0.5) is 0 Å². The average molecular weight is 317 g/mol. The number of hydrogen-bond acceptors (Lipinski definition) is 4. The van der Waals surface area contributed by atoms with Gasteiger partial charge in [0.25, 0.3) is 0 Å². The van der Waals surface area contributed by atoms with Crippen molar-refractivity contribution in [2.75, 3.05) is 18.8 Å². The van der Waals surface area contributed by atoms with Gasteiger partial charge in [-0.3, -0.25) is 4.79 Å². The molecular weight excluding hydrogens is 290 g/mol. The van der Waals surface area contributed by atoms with Crippen LogP contribution in [0, 0.1) is 23.2 Å². The van der Waals surface area contributed by atoms with Crippen LogP contribution in [0.5, 0.6) is 0 Å². The maximum Gasteiger partial charge on any atom is 0.222 e. The van der Waals surface area contributed by atoms with Crippen molar-refractivity contribution in [1.82, 2.24) is 4.90 Å². The molecule has 1 amide bonds. The van der Waals surface area contributed by atoms with Gasteiger partial charge in [0, 0.05) is 31.5 Å². The van der Waals surface area contributed by atoms with Gasteiger partial charge in [0.1, 0.15) is 0 Å². The maximum absolute atomic E-state index is 12.1. The van der Waals surface area contributed by atoms with Gasteiger partial charge in [-0.2, -0.15) is 0 Å². The highest BCUT2D eigenvalue weighted by Gasteiger charge is 2.46. The number of amides is 1. The van der Waals surface area contributed by atoms with Gasteiger partial charge in [0.2, 0.25) is 15.9 Å². The van der Waals surface area contributed by atoms with Crippen LogP contribution >= 0.6 is 0 Å². The zero-order chi connectivity index (χ0) is 16.0. The number of nitrogens with two attached hydrogens (primary N) is 2. The van der Waals surface area contributed by atoms with Gasteiger partial charge < -0.3 is 10.6 Å². The molecule has 1 heterocycles. The maximum atomic E-state index is 12.1. The van der Waals surface area contributed by atoms with E-state index in [1.807, 2.05) is 0 Å². The number of rotatable bonds is 4. The first kappa shape index (κ1) is 16.7. The molecule has 0 radical (unpaired) electrons. The summed E-state index contributed by atoms with van der Waals surface area (Å²) >= 11 is 0. The van der Waals surface area contributed by atoms with Crippen molar-refractivity contribution in [2.24, 2.45) is 34.0 Å². The summed E-state index contributed by atoms with van der Waals surface area (Å²) in [5, 5.41) is 5.08. The van der Waals surface area contributed by atoms with Crippen LogP contribution in [0.2, 0.25) is 0 Å². The molecule has 0 aromatic heterocycles. The fourth-order valence-electron chi connectivity index (χ4n) is 4.11. The topological polar surface area (TPSA) is 106 Å². The van der Waals surface area contributed by atoms with Gasteiger partial charge >= 0.3 is 0 Å². The molecule has 0 aromatic rings. The fourth-order valence-corrected chi connectivity index (χ4v) is 4.99. The van der Waals surface area contributed by atoms with Gasteiger partial charge in [-0.1, -0.05) is 20.8 Å². The molecule has 0 bridgehead atoms. The Kier molecular flexibility index (Phi) is 4.39. The average Bonchev–Trinajstić information content (AvgIpc) is 2.69. The monoisotopic (exact) mass is 317 g/mol. The molecule has 1 aliphatic carbocycles. The highest BCUT2D eigenvalue weighted by Crippen LogP contribution is 2.45. The van der Waals surface area contributed by atoms with Crippen molar-refractivity contribution >= 4 is 15.9 Å². The van der Waals surface area contributed by atoms with Crippen LogP contribution < -0.4 is 10.9 Å². The summed E-state index contributed by atoms with van der Waals surface area (Å²) in [6.45, 7) is 7.65. The molecule has 1 saturated heterocycles. The second-order valence-corrected chi connectivity index (χ2v) is 9.21. The molecule has 7 heteroatoms. The number of nitrogens with zero attached hydrogens (tertiary/aromatic N) is 1. The first-order valence-corrected chi connectivity index (χ1v) is 9.25. The van der Waals surface area contributed by atoms with Crippen LogP contribution in [0.15, 0.2) is 0 Å². The van der Waals surface area contributed by atoms with Crippen LogP contribution in [0.3, 0.4) is 0 Å². The SMILES string of the molecule is CC1CC(C)(C)C(CN2CC(CS(N)(=O)=O)CC2=O)C1N. The molecule has 2 fully saturated rings. The smallest absolute Gasteiger partial charge is 0.222 e. The third-order valence-electron chi connectivity index (χ3n) is 5.15. The zero-order valence-corrected chi connectivity index (χ0v) is 13.9. The lowest BCUT2D eigenvalue weighted by molar-refractivity contribution is -0.128. The lowest BCUT2D eigenvalue weighted by Gasteiger charge is -2.33. The summed E-state index contributed by atoms with van der Waals surface area (Å²) in [4.78, 5) is 13.9. The number of carbonyl (C=O) groups is 1. The van der Waals surface area contributed by atoms with Crippen molar-refractivity contribution in [3.8, 4) is 0 Å². The molecule has 1 saturated carbocycles. The molecule has 4 unspecified atom stereocenters. The zero-order valence-electron chi connectivity index (χ0n) is 13.1. The Balaban J connectivity index is 2.02. The number of sulfonamides is 1. The summed E-state index contributed by atoms with van der Waals surface area (Å²) in [5.41, 5.74) is 6.41. The van der Waals surface area contributed by atoms with Crippen LogP contribution in [-0.2, 0) is 14.8 Å². The Morgan fingerprint density at radius 1 is 1.38 bits per heavy atom. The largest absolute Gasteiger partial charge is 0.342 e. The van der Waals surface area contributed by atoms with Crippen LogP contribution in [-0.4, -0.2) is 44.1 Å². The first-order chi connectivity index (χ1) is 9.49. The lowest BCUT2D eigenvalue weighted by Crippen LogP contribution is -2.43. The minimum absolute atomic E-state index is 0.0196. The quantitative estimate of drug-likeness (QED) is 0.768. The Morgan fingerprint density at radius 2 is 2.00 bits per heavy atom. The van der Waals surface area contributed by atoms with E-state index in [0.717, 1.165) is 6.42 Å². The van der Waals surface area contributed by atoms with E-state index in [2.05, 4.69) is 20.8 Å². The molecule has 4 N–H and O–H groups in total. The normalized spacial score (nSPS) is 36.4. The molecule has 122 valence electrons. The van der Waals surface area contributed by atoms with Crippen molar-refractivity contribution in [3.63, 3.8) is 0 Å². The summed E-state index contributed by atoms with van der Waals surface area (Å²) < 4.78 is 22.3. The van der Waals surface area contributed by atoms with E-state index in [-0.39, 0.29) is 41.4 Å². The fraction of sp³-hybridized carbons (Fsp3) is 0.929. The minimum atomic E-state index is -3.53. The third kappa shape index (κ3) is 3.76. The third-order valence-corrected chi connectivity index (χ3v) is 6.09. The highest BCUT2D eigenvalue weighted by atomic mass is 32.2. The predicted molar refractivity (Wildman–Crippen MR) is 81.7 cm³/mol. The highest BCUT2D eigenvalue weighted by molar-refractivity contribution is 7.89. The number of primary sulfonamides is 1. The Morgan fingerprint density at radius 3 is 2.48 bits per heavy atom. The van der Waals surface area contributed by atoms with E-state index in [4.69, 9.17) is 10.9 Å². The molecular formula is C14H27N3O3S. The van der Waals surface area contributed by atoms with E-state index >= 15 is 0 Å². The first-order valence-electron chi connectivity index (χ1n) is 7.53. The molecule has 0 aromatic carbocycles. The second-order valence-electron chi connectivity index (χ2n) is 7.55. The van der Waals surface area contributed by atoms with Crippen molar-refractivity contribution < 1.29 is 13.2 Å². The summed E-state index contributed by atoms with van der Waals surface area (Å²) in [6.07, 6.45) is 1.33. The molecule has 2 rings (SSSR count).